The zero-order chi connectivity index (χ0) is 18.1. The van der Waals surface area contributed by atoms with Crippen LogP contribution in [0.5, 0.6) is 0 Å². The van der Waals surface area contributed by atoms with E-state index in [1.165, 1.54) is 0 Å². The first-order valence-electron chi connectivity index (χ1n) is 7.45. The van der Waals surface area contributed by atoms with Crippen LogP contribution in [0.25, 0.3) is 5.69 Å². The number of aromatic nitrogens is 2. The number of hydrogen-bond acceptors (Lipinski definition) is 2. The van der Waals surface area contributed by atoms with E-state index in [0.717, 1.165) is 39.7 Å². The van der Waals surface area contributed by atoms with Gasteiger partial charge in [0.05, 0.1) is 27.2 Å². The molecule has 25 heavy (non-hydrogen) atoms. The second kappa shape index (κ2) is 6.76. The van der Waals surface area contributed by atoms with Crippen LogP contribution in [0.1, 0.15) is 21.7 Å². The number of hydrogen-bond donors (Lipinski definition) is 1. The summed E-state index contributed by atoms with van der Waals surface area (Å²) in [6.45, 7) is 3.82. The monoisotopic (exact) mass is 405 g/mol. The Kier molecular flexibility index (Phi) is 4.67. The summed E-state index contributed by atoms with van der Waals surface area (Å²) in [7, 11) is 0. The van der Waals surface area contributed by atoms with Gasteiger partial charge in [-0.25, -0.2) is 13.5 Å². The third-order valence-corrected chi connectivity index (χ3v) is 4.90. The molecule has 1 amide bonds. The predicted molar refractivity (Wildman–Crippen MR) is 95.0 cm³/mol. The van der Waals surface area contributed by atoms with Crippen molar-refractivity contribution < 1.29 is 13.6 Å². The second-order valence-corrected chi connectivity index (χ2v) is 6.31. The van der Waals surface area contributed by atoms with Gasteiger partial charge in [-0.05, 0) is 66.2 Å². The number of carbonyl (C=O) groups excluding carboxylic acids is 1. The summed E-state index contributed by atoms with van der Waals surface area (Å²) in [5, 5.41) is 6.79. The van der Waals surface area contributed by atoms with Crippen LogP contribution in [-0.4, -0.2) is 15.7 Å². The van der Waals surface area contributed by atoms with Crippen LogP contribution in [-0.2, 0) is 0 Å². The molecule has 1 N–H and O–H groups in total. The summed E-state index contributed by atoms with van der Waals surface area (Å²) in [6.07, 6.45) is 0. The maximum Gasteiger partial charge on any atom is 0.255 e. The van der Waals surface area contributed by atoms with E-state index in [1.807, 2.05) is 13.8 Å². The minimum atomic E-state index is -0.695. The van der Waals surface area contributed by atoms with E-state index in [-0.39, 0.29) is 5.69 Å². The molecule has 3 rings (SSSR count). The number of carbonyl (C=O) groups is 1. The quantitative estimate of drug-likeness (QED) is 0.681. The van der Waals surface area contributed by atoms with Crippen LogP contribution < -0.4 is 5.32 Å². The van der Waals surface area contributed by atoms with E-state index in [0.29, 0.717) is 5.56 Å². The minimum absolute atomic E-state index is 0.198. The van der Waals surface area contributed by atoms with Gasteiger partial charge in [0.25, 0.3) is 5.91 Å². The van der Waals surface area contributed by atoms with Crippen LogP contribution >= 0.6 is 15.9 Å². The van der Waals surface area contributed by atoms with Gasteiger partial charge in [-0.3, -0.25) is 4.79 Å². The lowest BCUT2D eigenvalue weighted by Crippen LogP contribution is -2.13. The van der Waals surface area contributed by atoms with Crippen molar-refractivity contribution in [2.24, 2.45) is 0 Å². The topological polar surface area (TPSA) is 46.9 Å². The fourth-order valence-electron chi connectivity index (χ4n) is 2.42. The van der Waals surface area contributed by atoms with Crippen LogP contribution in [0.2, 0.25) is 0 Å². The molecule has 0 unspecified atom stereocenters. The molecule has 0 fully saturated rings. The molecule has 0 radical (unpaired) electrons. The van der Waals surface area contributed by atoms with E-state index in [4.69, 9.17) is 0 Å². The Hall–Kier alpha value is -2.54. The van der Waals surface area contributed by atoms with Crippen molar-refractivity contribution >= 4 is 27.5 Å². The van der Waals surface area contributed by atoms with E-state index < -0.39 is 17.5 Å². The predicted octanol–water partition coefficient (Wildman–Crippen LogP) is 4.78. The Morgan fingerprint density at radius 1 is 1.12 bits per heavy atom. The van der Waals surface area contributed by atoms with Crippen molar-refractivity contribution in [3.05, 3.63) is 75.5 Å². The molecular weight excluding hydrogens is 392 g/mol. The molecule has 0 aliphatic rings. The van der Waals surface area contributed by atoms with Crippen LogP contribution in [0.4, 0.5) is 14.5 Å². The van der Waals surface area contributed by atoms with Gasteiger partial charge in [-0.15, -0.1) is 0 Å². The summed E-state index contributed by atoms with van der Waals surface area (Å²) in [5.41, 5.74) is 2.72. The SMILES string of the molecule is Cc1nn(-c2ccc(C(=O)Nc3cc(F)ccc3F)cc2)c(C)c1Br. The number of anilines is 1. The first kappa shape index (κ1) is 17.3. The van der Waals surface area contributed by atoms with Gasteiger partial charge in [0.1, 0.15) is 11.6 Å². The molecule has 7 heteroatoms. The smallest absolute Gasteiger partial charge is 0.255 e. The number of amides is 1. The van der Waals surface area contributed by atoms with Gasteiger partial charge in [0.2, 0.25) is 0 Å². The maximum absolute atomic E-state index is 13.6. The van der Waals surface area contributed by atoms with Crippen molar-refractivity contribution in [3.8, 4) is 5.69 Å². The third-order valence-electron chi connectivity index (χ3n) is 3.75. The number of nitrogens with zero attached hydrogens (tertiary/aromatic N) is 2. The fraction of sp³-hybridized carbons (Fsp3) is 0.111. The molecule has 1 aromatic heterocycles. The Balaban J connectivity index is 1.83. The van der Waals surface area contributed by atoms with Crippen molar-refractivity contribution in [2.45, 2.75) is 13.8 Å². The highest BCUT2D eigenvalue weighted by Gasteiger charge is 2.13. The lowest BCUT2D eigenvalue weighted by molar-refractivity contribution is 0.102. The summed E-state index contributed by atoms with van der Waals surface area (Å²) in [5.74, 6) is -1.84. The number of benzene rings is 2. The highest BCUT2D eigenvalue weighted by Crippen LogP contribution is 2.23. The summed E-state index contributed by atoms with van der Waals surface area (Å²) < 4.78 is 29.5. The van der Waals surface area contributed by atoms with Crippen molar-refractivity contribution in [1.29, 1.82) is 0 Å². The molecule has 0 saturated carbocycles. The van der Waals surface area contributed by atoms with E-state index in [2.05, 4.69) is 26.3 Å². The molecule has 1 heterocycles. The molecule has 0 saturated heterocycles. The molecular formula is C18H14BrF2N3O. The van der Waals surface area contributed by atoms with E-state index in [9.17, 15) is 13.6 Å². The van der Waals surface area contributed by atoms with Gasteiger partial charge in [-0.1, -0.05) is 0 Å². The van der Waals surface area contributed by atoms with Gasteiger partial charge < -0.3 is 5.32 Å². The summed E-state index contributed by atoms with van der Waals surface area (Å²) in [4.78, 5) is 12.2. The first-order valence-corrected chi connectivity index (χ1v) is 8.24. The largest absolute Gasteiger partial charge is 0.319 e. The minimum Gasteiger partial charge on any atom is -0.319 e. The maximum atomic E-state index is 13.6. The Labute approximate surface area is 151 Å². The highest BCUT2D eigenvalue weighted by molar-refractivity contribution is 9.10. The molecule has 0 bridgehead atoms. The Bertz CT molecular complexity index is 952. The van der Waals surface area contributed by atoms with Gasteiger partial charge in [-0.2, -0.15) is 5.10 Å². The molecule has 3 aromatic rings. The Morgan fingerprint density at radius 2 is 1.80 bits per heavy atom. The average Bonchev–Trinajstić information content (AvgIpc) is 2.86. The highest BCUT2D eigenvalue weighted by atomic mass is 79.9. The molecule has 0 spiro atoms. The second-order valence-electron chi connectivity index (χ2n) is 5.52. The average molecular weight is 406 g/mol. The zero-order valence-corrected chi connectivity index (χ0v) is 15.1. The van der Waals surface area contributed by atoms with Crippen molar-refractivity contribution in [3.63, 3.8) is 0 Å². The molecule has 128 valence electrons. The molecule has 2 aromatic carbocycles. The van der Waals surface area contributed by atoms with Crippen LogP contribution in [0.15, 0.2) is 46.9 Å². The zero-order valence-electron chi connectivity index (χ0n) is 13.5. The Morgan fingerprint density at radius 3 is 2.40 bits per heavy atom. The van der Waals surface area contributed by atoms with E-state index in [1.54, 1.807) is 28.9 Å². The first-order chi connectivity index (χ1) is 11.9. The van der Waals surface area contributed by atoms with Gasteiger partial charge in [0, 0.05) is 11.6 Å². The van der Waals surface area contributed by atoms with Crippen molar-refractivity contribution in [2.75, 3.05) is 5.32 Å². The fourth-order valence-corrected chi connectivity index (χ4v) is 2.66. The number of nitrogens with one attached hydrogen (secondary N) is 1. The number of halogens is 3. The normalized spacial score (nSPS) is 10.8. The van der Waals surface area contributed by atoms with Gasteiger partial charge in [0.15, 0.2) is 0 Å². The van der Waals surface area contributed by atoms with E-state index >= 15 is 0 Å². The van der Waals surface area contributed by atoms with Crippen LogP contribution in [0.3, 0.4) is 0 Å². The molecule has 4 nitrogen and oxygen atoms in total. The van der Waals surface area contributed by atoms with Crippen LogP contribution in [0, 0.1) is 25.5 Å². The molecule has 0 aliphatic carbocycles. The summed E-state index contributed by atoms with van der Waals surface area (Å²) in [6, 6.07) is 9.58. The van der Waals surface area contributed by atoms with Crippen molar-refractivity contribution in [1.82, 2.24) is 9.78 Å². The molecule has 0 aliphatic heterocycles. The summed E-state index contributed by atoms with van der Waals surface area (Å²) >= 11 is 3.47. The lowest BCUT2D eigenvalue weighted by Gasteiger charge is -2.08. The lowest BCUT2D eigenvalue weighted by atomic mass is 10.2. The third kappa shape index (κ3) is 3.46. The number of rotatable bonds is 3. The van der Waals surface area contributed by atoms with Gasteiger partial charge >= 0.3 is 0 Å². The number of aryl methyl sites for hydroxylation is 1. The molecule has 0 atom stereocenters. The standard InChI is InChI=1S/C18H14BrF2N3O/c1-10-17(19)11(2)24(23-10)14-6-3-12(4-7-14)18(25)22-16-9-13(20)5-8-15(16)21/h3-9H,1-2H3,(H,22,25).